The van der Waals surface area contributed by atoms with Gasteiger partial charge in [-0.1, -0.05) is 6.42 Å². The van der Waals surface area contributed by atoms with Crippen LogP contribution in [-0.4, -0.2) is 10.9 Å². The third kappa shape index (κ3) is 2.55. The van der Waals surface area contributed by atoms with Gasteiger partial charge in [0.05, 0.1) is 5.56 Å². The average molecular weight is 260 g/mol. The molecule has 1 aliphatic carbocycles. The summed E-state index contributed by atoms with van der Waals surface area (Å²) in [5, 5.41) is 2.24. The standard InChI is InChI=1S/C11H11F3N2O2/c12-11(13,14)7-4-8(10(18)15-5-7)16-9(17)6-2-1-3-6/h4-6H,1-3H2,(H,15,18)(H,16,17). The Morgan fingerprint density at radius 2 is 2.06 bits per heavy atom. The number of aromatic amines is 1. The summed E-state index contributed by atoms with van der Waals surface area (Å²) < 4.78 is 37.3. The molecule has 18 heavy (non-hydrogen) atoms. The van der Waals surface area contributed by atoms with Crippen LogP contribution >= 0.6 is 0 Å². The molecule has 1 aliphatic rings. The van der Waals surface area contributed by atoms with Crippen molar-refractivity contribution in [1.82, 2.24) is 4.98 Å². The van der Waals surface area contributed by atoms with E-state index in [-0.39, 0.29) is 11.6 Å². The predicted molar refractivity (Wildman–Crippen MR) is 58.0 cm³/mol. The summed E-state index contributed by atoms with van der Waals surface area (Å²) in [4.78, 5) is 24.9. The van der Waals surface area contributed by atoms with Crippen molar-refractivity contribution in [3.63, 3.8) is 0 Å². The molecule has 98 valence electrons. The van der Waals surface area contributed by atoms with Crippen molar-refractivity contribution in [2.45, 2.75) is 25.4 Å². The largest absolute Gasteiger partial charge is 0.417 e. The zero-order valence-electron chi connectivity index (χ0n) is 9.30. The molecule has 1 amide bonds. The number of H-pyrrole nitrogens is 1. The first-order valence-electron chi connectivity index (χ1n) is 5.49. The van der Waals surface area contributed by atoms with Gasteiger partial charge in [-0.3, -0.25) is 9.59 Å². The molecule has 0 atom stereocenters. The SMILES string of the molecule is O=C(Nc1cc(C(F)(F)F)c[nH]c1=O)C1CCC1. The molecule has 4 nitrogen and oxygen atoms in total. The van der Waals surface area contributed by atoms with E-state index < -0.39 is 23.2 Å². The van der Waals surface area contributed by atoms with Gasteiger partial charge in [0.2, 0.25) is 5.91 Å². The summed E-state index contributed by atoms with van der Waals surface area (Å²) in [6, 6.07) is 0.648. The number of amides is 1. The number of carbonyl (C=O) groups is 1. The third-order valence-electron chi connectivity index (χ3n) is 2.96. The van der Waals surface area contributed by atoms with Crippen LogP contribution in [0, 0.1) is 5.92 Å². The first-order valence-corrected chi connectivity index (χ1v) is 5.49. The van der Waals surface area contributed by atoms with Crippen molar-refractivity contribution in [2.24, 2.45) is 5.92 Å². The highest BCUT2D eigenvalue weighted by Crippen LogP contribution is 2.30. The molecule has 0 spiro atoms. The minimum Gasteiger partial charge on any atom is -0.327 e. The van der Waals surface area contributed by atoms with Crippen LogP contribution in [0.3, 0.4) is 0 Å². The van der Waals surface area contributed by atoms with E-state index in [9.17, 15) is 22.8 Å². The van der Waals surface area contributed by atoms with E-state index in [1.165, 1.54) is 0 Å². The molecule has 1 aromatic rings. The topological polar surface area (TPSA) is 62.0 Å². The number of hydrogen-bond acceptors (Lipinski definition) is 2. The van der Waals surface area contributed by atoms with Gasteiger partial charge >= 0.3 is 6.18 Å². The Labute approximate surface area is 100 Å². The van der Waals surface area contributed by atoms with Gasteiger partial charge in [0, 0.05) is 12.1 Å². The van der Waals surface area contributed by atoms with Crippen molar-refractivity contribution in [1.29, 1.82) is 0 Å². The lowest BCUT2D eigenvalue weighted by atomic mass is 9.85. The number of hydrogen-bond donors (Lipinski definition) is 2. The first-order chi connectivity index (χ1) is 8.38. The number of carbonyl (C=O) groups excluding carboxylic acids is 1. The minimum absolute atomic E-state index is 0.195. The van der Waals surface area contributed by atoms with Crippen molar-refractivity contribution < 1.29 is 18.0 Å². The molecule has 1 saturated carbocycles. The molecular formula is C11H11F3N2O2. The summed E-state index contributed by atoms with van der Waals surface area (Å²) in [7, 11) is 0. The van der Waals surface area contributed by atoms with E-state index >= 15 is 0 Å². The maximum absolute atomic E-state index is 12.4. The van der Waals surface area contributed by atoms with Crippen LogP contribution in [-0.2, 0) is 11.0 Å². The fourth-order valence-electron chi connectivity index (χ4n) is 1.65. The zero-order valence-corrected chi connectivity index (χ0v) is 9.30. The van der Waals surface area contributed by atoms with E-state index in [1.54, 1.807) is 0 Å². The highest BCUT2D eigenvalue weighted by molar-refractivity contribution is 5.92. The van der Waals surface area contributed by atoms with Gasteiger partial charge < -0.3 is 10.3 Å². The van der Waals surface area contributed by atoms with Gasteiger partial charge in [-0.2, -0.15) is 13.2 Å². The summed E-state index contributed by atoms with van der Waals surface area (Å²) in [5.74, 6) is -0.593. The highest BCUT2D eigenvalue weighted by Gasteiger charge is 2.32. The molecule has 0 saturated heterocycles. The first kappa shape index (κ1) is 12.7. The average Bonchev–Trinajstić information content (AvgIpc) is 2.16. The van der Waals surface area contributed by atoms with E-state index in [1.807, 2.05) is 4.98 Å². The summed E-state index contributed by atoms with van der Waals surface area (Å²) in [5.41, 5.74) is -2.09. The van der Waals surface area contributed by atoms with E-state index in [2.05, 4.69) is 5.32 Å². The van der Waals surface area contributed by atoms with Gasteiger partial charge in [-0.05, 0) is 18.9 Å². The Bertz CT molecular complexity index is 518. The molecule has 0 aliphatic heterocycles. The highest BCUT2D eigenvalue weighted by atomic mass is 19.4. The van der Waals surface area contributed by atoms with Crippen molar-refractivity contribution in [3.8, 4) is 0 Å². The lowest BCUT2D eigenvalue weighted by molar-refractivity contribution is -0.137. The van der Waals surface area contributed by atoms with Crippen LogP contribution < -0.4 is 10.9 Å². The number of rotatable bonds is 2. The van der Waals surface area contributed by atoms with Crippen LogP contribution in [0.1, 0.15) is 24.8 Å². The Kier molecular flexibility index (Phi) is 3.14. The number of alkyl halides is 3. The second-order valence-electron chi connectivity index (χ2n) is 4.25. The molecule has 0 bridgehead atoms. The maximum Gasteiger partial charge on any atom is 0.417 e. The molecular weight excluding hydrogens is 249 g/mol. The lowest BCUT2D eigenvalue weighted by Gasteiger charge is -2.23. The number of halogens is 3. The fourth-order valence-corrected chi connectivity index (χ4v) is 1.65. The van der Waals surface area contributed by atoms with Crippen LogP contribution in [0.15, 0.2) is 17.1 Å². The number of pyridine rings is 1. The molecule has 7 heteroatoms. The number of anilines is 1. The molecule has 2 rings (SSSR count). The second-order valence-corrected chi connectivity index (χ2v) is 4.25. The Morgan fingerprint density at radius 1 is 1.39 bits per heavy atom. The predicted octanol–water partition coefficient (Wildman–Crippen LogP) is 2.13. The summed E-state index contributed by atoms with van der Waals surface area (Å²) >= 11 is 0. The lowest BCUT2D eigenvalue weighted by Crippen LogP contribution is -2.30. The Morgan fingerprint density at radius 3 is 2.56 bits per heavy atom. The number of nitrogens with one attached hydrogen (secondary N) is 2. The zero-order chi connectivity index (χ0) is 13.3. The molecule has 0 radical (unpaired) electrons. The van der Waals surface area contributed by atoms with Gasteiger partial charge in [-0.25, -0.2) is 0 Å². The third-order valence-corrected chi connectivity index (χ3v) is 2.96. The molecule has 0 unspecified atom stereocenters. The minimum atomic E-state index is -4.56. The molecule has 1 fully saturated rings. The van der Waals surface area contributed by atoms with Gasteiger partial charge in [-0.15, -0.1) is 0 Å². The smallest absolute Gasteiger partial charge is 0.327 e. The van der Waals surface area contributed by atoms with E-state index in [0.717, 1.165) is 6.42 Å². The molecule has 1 aromatic heterocycles. The monoisotopic (exact) mass is 260 g/mol. The van der Waals surface area contributed by atoms with Gasteiger partial charge in [0.25, 0.3) is 5.56 Å². The van der Waals surface area contributed by atoms with Crippen LogP contribution in [0.5, 0.6) is 0 Å². The molecule has 0 aromatic carbocycles. The second kappa shape index (κ2) is 4.47. The molecule has 2 N–H and O–H groups in total. The van der Waals surface area contributed by atoms with Crippen LogP contribution in [0.25, 0.3) is 0 Å². The normalized spacial score (nSPS) is 16.2. The quantitative estimate of drug-likeness (QED) is 0.855. The Hall–Kier alpha value is -1.79. The number of aromatic nitrogens is 1. The van der Waals surface area contributed by atoms with E-state index in [0.29, 0.717) is 25.1 Å². The summed E-state index contributed by atoms with van der Waals surface area (Å²) in [6.07, 6.45) is -1.62. The van der Waals surface area contributed by atoms with E-state index in [4.69, 9.17) is 0 Å². The van der Waals surface area contributed by atoms with Crippen molar-refractivity contribution in [2.75, 3.05) is 5.32 Å². The Balaban J connectivity index is 2.21. The maximum atomic E-state index is 12.4. The van der Waals surface area contributed by atoms with Crippen molar-refractivity contribution in [3.05, 3.63) is 28.2 Å². The van der Waals surface area contributed by atoms with Crippen LogP contribution in [0.2, 0.25) is 0 Å². The van der Waals surface area contributed by atoms with Crippen LogP contribution in [0.4, 0.5) is 18.9 Å². The van der Waals surface area contributed by atoms with Gasteiger partial charge in [0.1, 0.15) is 5.69 Å². The molecule has 1 heterocycles. The van der Waals surface area contributed by atoms with Crippen molar-refractivity contribution >= 4 is 11.6 Å². The summed E-state index contributed by atoms with van der Waals surface area (Å²) in [6.45, 7) is 0. The van der Waals surface area contributed by atoms with Gasteiger partial charge in [0.15, 0.2) is 0 Å². The fraction of sp³-hybridized carbons (Fsp3) is 0.455.